The summed E-state index contributed by atoms with van der Waals surface area (Å²) in [4.78, 5) is 15.6. The summed E-state index contributed by atoms with van der Waals surface area (Å²) < 4.78 is 5.15. The van der Waals surface area contributed by atoms with Crippen molar-refractivity contribution in [3.05, 3.63) is 29.6 Å². The molecule has 0 aliphatic carbocycles. The maximum Gasteiger partial charge on any atom is 0.357 e. The van der Waals surface area contributed by atoms with Gasteiger partial charge in [0.05, 0.1) is 0 Å². The van der Waals surface area contributed by atoms with Crippen LogP contribution in [-0.2, 0) is 4.74 Å². The normalized spacial score (nSPS) is 12.3. The number of aromatic nitrogens is 1. The topological polar surface area (TPSA) is 97.8 Å². The van der Waals surface area contributed by atoms with Crippen LogP contribution in [0.4, 0.5) is 0 Å². The van der Waals surface area contributed by atoms with Crippen molar-refractivity contribution in [1.29, 1.82) is 0 Å². The summed E-state index contributed by atoms with van der Waals surface area (Å²) in [5.41, 5.74) is 5.12. The van der Waals surface area contributed by atoms with Crippen molar-refractivity contribution in [2.45, 2.75) is 26.4 Å². The monoisotopic (exact) mass is 237 g/mol. The molecular formula is C11H15N3O3. The van der Waals surface area contributed by atoms with Crippen molar-refractivity contribution in [2.24, 2.45) is 10.9 Å². The van der Waals surface area contributed by atoms with Crippen LogP contribution in [0.5, 0.6) is 0 Å². The predicted molar refractivity (Wildman–Crippen MR) is 61.9 cm³/mol. The van der Waals surface area contributed by atoms with Crippen molar-refractivity contribution >= 4 is 11.8 Å². The van der Waals surface area contributed by atoms with E-state index >= 15 is 0 Å². The lowest BCUT2D eigenvalue weighted by molar-refractivity contribution is 0.00628. The van der Waals surface area contributed by atoms with Gasteiger partial charge in [-0.05, 0) is 32.9 Å². The van der Waals surface area contributed by atoms with Crippen molar-refractivity contribution in [3.8, 4) is 0 Å². The lowest BCUT2D eigenvalue weighted by atomic mass is 10.2. The average Bonchev–Trinajstić information content (AvgIpc) is 2.26. The van der Waals surface area contributed by atoms with E-state index < -0.39 is 11.6 Å². The Balaban J connectivity index is 2.96. The third-order valence-corrected chi connectivity index (χ3v) is 1.73. The maximum absolute atomic E-state index is 11.7. The van der Waals surface area contributed by atoms with Crippen molar-refractivity contribution < 1.29 is 14.7 Å². The lowest BCUT2D eigenvalue weighted by Gasteiger charge is -2.19. The van der Waals surface area contributed by atoms with Gasteiger partial charge in [0.1, 0.15) is 17.0 Å². The largest absolute Gasteiger partial charge is 0.455 e. The van der Waals surface area contributed by atoms with Crippen LogP contribution in [0.3, 0.4) is 0 Å². The van der Waals surface area contributed by atoms with Gasteiger partial charge in [-0.1, -0.05) is 11.2 Å². The number of esters is 1. The Kier molecular flexibility index (Phi) is 3.67. The van der Waals surface area contributed by atoms with Crippen LogP contribution in [-0.4, -0.2) is 27.6 Å². The smallest absolute Gasteiger partial charge is 0.357 e. The summed E-state index contributed by atoms with van der Waals surface area (Å²) in [7, 11) is 0. The molecule has 0 aliphatic heterocycles. The second kappa shape index (κ2) is 4.82. The number of oxime groups is 1. The van der Waals surface area contributed by atoms with Gasteiger partial charge in [-0.15, -0.1) is 0 Å². The molecule has 92 valence electrons. The molecule has 0 saturated carbocycles. The Morgan fingerprint density at radius 1 is 1.41 bits per heavy atom. The minimum atomic E-state index is -0.592. The standard InChI is InChI=1S/C11H15N3O3/c1-11(2,3)17-10(15)8-6-4-5-7(13-8)9(12)14-16/h4-6,16H,1-3H3,(H2,12,14). The van der Waals surface area contributed by atoms with Gasteiger partial charge in [0.2, 0.25) is 0 Å². The molecule has 17 heavy (non-hydrogen) atoms. The van der Waals surface area contributed by atoms with Gasteiger partial charge in [0.25, 0.3) is 0 Å². The quantitative estimate of drug-likeness (QED) is 0.264. The first-order chi connectivity index (χ1) is 7.83. The molecule has 0 spiro atoms. The van der Waals surface area contributed by atoms with Crippen LogP contribution in [0, 0.1) is 0 Å². The minimum absolute atomic E-state index is 0.115. The first-order valence-corrected chi connectivity index (χ1v) is 5.02. The van der Waals surface area contributed by atoms with Crippen molar-refractivity contribution in [3.63, 3.8) is 0 Å². The Labute approximate surface area is 99.1 Å². The van der Waals surface area contributed by atoms with Crippen LogP contribution in [0.1, 0.15) is 37.0 Å². The van der Waals surface area contributed by atoms with E-state index in [2.05, 4.69) is 10.1 Å². The molecule has 3 N–H and O–H groups in total. The summed E-state index contributed by atoms with van der Waals surface area (Å²) in [6, 6.07) is 4.62. The Bertz CT molecular complexity index is 450. The van der Waals surface area contributed by atoms with E-state index in [0.29, 0.717) is 0 Å². The highest BCUT2D eigenvalue weighted by Crippen LogP contribution is 2.11. The van der Waals surface area contributed by atoms with E-state index in [9.17, 15) is 4.79 Å². The number of nitrogens with zero attached hydrogens (tertiary/aromatic N) is 2. The summed E-state index contributed by atoms with van der Waals surface area (Å²) in [5.74, 6) is -0.708. The summed E-state index contributed by atoms with van der Waals surface area (Å²) >= 11 is 0. The van der Waals surface area contributed by atoms with Gasteiger partial charge in [0.15, 0.2) is 5.84 Å². The first-order valence-electron chi connectivity index (χ1n) is 5.02. The zero-order valence-electron chi connectivity index (χ0n) is 9.97. The fourth-order valence-electron chi connectivity index (χ4n) is 1.07. The van der Waals surface area contributed by atoms with E-state index in [-0.39, 0.29) is 17.2 Å². The summed E-state index contributed by atoms with van der Waals surface area (Å²) in [6.07, 6.45) is 0. The van der Waals surface area contributed by atoms with Gasteiger partial charge < -0.3 is 15.7 Å². The molecule has 0 fully saturated rings. The zero-order chi connectivity index (χ0) is 13.1. The summed E-state index contributed by atoms with van der Waals surface area (Å²) in [6.45, 7) is 5.29. The van der Waals surface area contributed by atoms with Crippen LogP contribution in [0.15, 0.2) is 23.4 Å². The van der Waals surface area contributed by atoms with Crippen LogP contribution >= 0.6 is 0 Å². The molecular weight excluding hydrogens is 222 g/mol. The van der Waals surface area contributed by atoms with Gasteiger partial charge in [-0.3, -0.25) is 0 Å². The molecule has 0 aromatic carbocycles. The number of carbonyl (C=O) groups is 1. The number of amidine groups is 1. The fraction of sp³-hybridized carbons (Fsp3) is 0.364. The van der Waals surface area contributed by atoms with E-state index in [1.54, 1.807) is 26.8 Å². The van der Waals surface area contributed by atoms with Crippen LogP contribution in [0.2, 0.25) is 0 Å². The highest BCUT2D eigenvalue weighted by molar-refractivity contribution is 5.96. The Hall–Kier alpha value is -2.11. The third kappa shape index (κ3) is 3.75. The molecule has 0 bridgehead atoms. The number of rotatable bonds is 2. The fourth-order valence-corrected chi connectivity index (χ4v) is 1.07. The van der Waals surface area contributed by atoms with E-state index in [1.807, 2.05) is 0 Å². The molecule has 0 unspecified atom stereocenters. The van der Waals surface area contributed by atoms with E-state index in [1.165, 1.54) is 12.1 Å². The molecule has 1 rings (SSSR count). The molecule has 1 aromatic rings. The molecule has 0 saturated heterocycles. The number of ether oxygens (including phenoxy) is 1. The van der Waals surface area contributed by atoms with Crippen molar-refractivity contribution in [1.82, 2.24) is 4.98 Å². The first kappa shape index (κ1) is 13.0. The van der Waals surface area contributed by atoms with Gasteiger partial charge in [0, 0.05) is 0 Å². The van der Waals surface area contributed by atoms with Crippen LogP contribution in [0.25, 0.3) is 0 Å². The molecule has 0 aliphatic rings. The zero-order valence-corrected chi connectivity index (χ0v) is 9.97. The number of nitrogens with two attached hydrogens (primary N) is 1. The Morgan fingerprint density at radius 2 is 2.00 bits per heavy atom. The highest BCUT2D eigenvalue weighted by Gasteiger charge is 2.19. The second-order valence-corrected chi connectivity index (χ2v) is 4.40. The third-order valence-electron chi connectivity index (χ3n) is 1.73. The minimum Gasteiger partial charge on any atom is -0.455 e. The van der Waals surface area contributed by atoms with E-state index in [4.69, 9.17) is 15.7 Å². The number of carbonyl (C=O) groups excluding carboxylic acids is 1. The van der Waals surface area contributed by atoms with Crippen molar-refractivity contribution in [2.75, 3.05) is 0 Å². The molecule has 0 atom stereocenters. The van der Waals surface area contributed by atoms with Crippen LogP contribution < -0.4 is 5.73 Å². The lowest BCUT2D eigenvalue weighted by Crippen LogP contribution is -2.25. The van der Waals surface area contributed by atoms with Gasteiger partial charge >= 0.3 is 5.97 Å². The number of hydrogen-bond donors (Lipinski definition) is 2. The molecule has 6 nitrogen and oxygen atoms in total. The number of pyridine rings is 1. The summed E-state index contributed by atoms with van der Waals surface area (Å²) in [5, 5.41) is 11.3. The maximum atomic E-state index is 11.7. The van der Waals surface area contributed by atoms with Gasteiger partial charge in [-0.25, -0.2) is 9.78 Å². The highest BCUT2D eigenvalue weighted by atomic mass is 16.6. The van der Waals surface area contributed by atoms with E-state index in [0.717, 1.165) is 0 Å². The average molecular weight is 237 g/mol. The molecule has 1 heterocycles. The van der Waals surface area contributed by atoms with Gasteiger partial charge in [-0.2, -0.15) is 0 Å². The Morgan fingerprint density at radius 3 is 2.53 bits per heavy atom. The second-order valence-electron chi connectivity index (χ2n) is 4.40. The number of hydrogen-bond acceptors (Lipinski definition) is 5. The molecule has 0 radical (unpaired) electrons. The SMILES string of the molecule is CC(C)(C)OC(=O)c1cccc(C(N)=NO)n1. The predicted octanol–water partition coefficient (Wildman–Crippen LogP) is 1.13. The molecule has 0 amide bonds. The molecule has 6 heteroatoms. The molecule has 1 aromatic heterocycles.